The predicted molar refractivity (Wildman–Crippen MR) is 82.8 cm³/mol. The summed E-state index contributed by atoms with van der Waals surface area (Å²) in [5.74, 6) is 0.666. The number of carbonyl (C=O) groups is 1. The van der Waals surface area contributed by atoms with Gasteiger partial charge in [0.1, 0.15) is 11.4 Å². The van der Waals surface area contributed by atoms with Crippen LogP contribution in [-0.4, -0.2) is 35.9 Å². The molecule has 0 radical (unpaired) electrons. The zero-order valence-electron chi connectivity index (χ0n) is 12.0. The molecule has 1 aromatic heterocycles. The van der Waals surface area contributed by atoms with Crippen molar-refractivity contribution >= 4 is 21.7 Å². The first-order chi connectivity index (χ1) is 10.2. The molecule has 0 unspecified atom stereocenters. The van der Waals surface area contributed by atoms with Crippen LogP contribution in [0.5, 0.6) is 5.75 Å². The van der Waals surface area contributed by atoms with Gasteiger partial charge in [-0.1, -0.05) is 0 Å². The molecular weight excluding hydrogens is 336 g/mol. The Kier molecular flexibility index (Phi) is 5.52. The van der Waals surface area contributed by atoms with Gasteiger partial charge in [0.05, 0.1) is 30.4 Å². The summed E-state index contributed by atoms with van der Waals surface area (Å²) in [6.07, 6.45) is 1.62. The fourth-order valence-corrected chi connectivity index (χ4v) is 2.42. The molecule has 5 nitrogen and oxygen atoms in total. The Bertz CT molecular complexity index is 608. The second-order valence-corrected chi connectivity index (χ2v) is 5.20. The molecule has 0 spiro atoms. The summed E-state index contributed by atoms with van der Waals surface area (Å²) in [6.45, 7) is 3.55. The van der Waals surface area contributed by atoms with E-state index in [2.05, 4.69) is 21.0 Å². The Morgan fingerprint density at radius 3 is 2.67 bits per heavy atom. The molecule has 2 rings (SSSR count). The van der Waals surface area contributed by atoms with Crippen molar-refractivity contribution in [3.63, 3.8) is 0 Å². The molecule has 6 heteroatoms. The van der Waals surface area contributed by atoms with Crippen molar-refractivity contribution in [2.45, 2.75) is 13.5 Å². The number of aromatic nitrogens is 2. The zero-order chi connectivity index (χ0) is 15.2. The molecule has 2 aromatic rings. The summed E-state index contributed by atoms with van der Waals surface area (Å²) in [4.78, 5) is 12.6. The summed E-state index contributed by atoms with van der Waals surface area (Å²) < 4.78 is 12.7. The minimum atomic E-state index is -0.0847. The van der Waals surface area contributed by atoms with Crippen LogP contribution in [0, 0.1) is 0 Å². The maximum Gasteiger partial charge on any atom is 0.212 e. The Hall–Kier alpha value is -1.66. The van der Waals surface area contributed by atoms with Gasteiger partial charge >= 0.3 is 0 Å². The number of ketones is 1. The maximum atomic E-state index is 12.6. The van der Waals surface area contributed by atoms with Gasteiger partial charge in [-0.05, 0) is 47.1 Å². The normalized spacial score (nSPS) is 10.6. The third-order valence-corrected chi connectivity index (χ3v) is 3.52. The summed E-state index contributed by atoms with van der Waals surface area (Å²) in [7, 11) is 1.62. The molecule has 112 valence electrons. The van der Waals surface area contributed by atoms with Crippen LogP contribution in [-0.2, 0) is 11.3 Å². The fourth-order valence-electron chi connectivity index (χ4n) is 1.94. The number of ether oxygens (including phenoxy) is 2. The van der Waals surface area contributed by atoms with Crippen molar-refractivity contribution in [3.8, 4) is 5.75 Å². The monoisotopic (exact) mass is 352 g/mol. The van der Waals surface area contributed by atoms with Gasteiger partial charge in [-0.2, -0.15) is 5.10 Å². The van der Waals surface area contributed by atoms with Gasteiger partial charge < -0.3 is 9.47 Å². The quantitative estimate of drug-likeness (QED) is 0.719. The van der Waals surface area contributed by atoms with E-state index in [1.54, 1.807) is 42.3 Å². The van der Waals surface area contributed by atoms with E-state index in [1.165, 1.54) is 0 Å². The highest BCUT2D eigenvalue weighted by Gasteiger charge is 2.18. The molecule has 0 atom stereocenters. The number of benzene rings is 1. The maximum absolute atomic E-state index is 12.6. The van der Waals surface area contributed by atoms with Gasteiger partial charge in [0.15, 0.2) is 0 Å². The van der Waals surface area contributed by atoms with Crippen LogP contribution in [0.1, 0.15) is 23.0 Å². The Labute approximate surface area is 132 Å². The Morgan fingerprint density at radius 2 is 2.05 bits per heavy atom. The van der Waals surface area contributed by atoms with Gasteiger partial charge in [0.25, 0.3) is 0 Å². The smallest absolute Gasteiger partial charge is 0.212 e. The van der Waals surface area contributed by atoms with Crippen LogP contribution in [0.4, 0.5) is 0 Å². The third kappa shape index (κ3) is 3.71. The van der Waals surface area contributed by atoms with Crippen LogP contribution in [0.2, 0.25) is 0 Å². The average molecular weight is 353 g/mol. The summed E-state index contributed by atoms with van der Waals surface area (Å²) in [5.41, 5.74) is 1.12. The molecule has 0 saturated heterocycles. The number of halogens is 1. The van der Waals surface area contributed by atoms with Crippen molar-refractivity contribution in [2.24, 2.45) is 0 Å². The lowest BCUT2D eigenvalue weighted by molar-refractivity contribution is 0.102. The molecule has 0 bridgehead atoms. The fraction of sp³-hybridized carbons (Fsp3) is 0.333. The number of carbonyl (C=O) groups excluding carboxylic acids is 1. The van der Waals surface area contributed by atoms with Gasteiger partial charge in [-0.15, -0.1) is 0 Å². The van der Waals surface area contributed by atoms with Crippen LogP contribution in [0.15, 0.2) is 34.9 Å². The lowest BCUT2D eigenvalue weighted by Gasteiger charge is -2.08. The molecule has 0 N–H and O–H groups in total. The molecule has 0 saturated carbocycles. The first-order valence-corrected chi connectivity index (χ1v) is 7.44. The molecule has 0 aliphatic rings. The standard InChI is InChI=1S/C15H17BrN2O3/c1-3-21-12-6-4-11(5-7-12)15(19)14-13(16)10-17-18(14)8-9-20-2/h4-7,10H,3,8-9H2,1-2H3. The van der Waals surface area contributed by atoms with Crippen molar-refractivity contribution < 1.29 is 14.3 Å². The molecule has 0 amide bonds. The lowest BCUT2D eigenvalue weighted by atomic mass is 10.1. The van der Waals surface area contributed by atoms with Crippen LogP contribution in [0.25, 0.3) is 0 Å². The number of nitrogens with zero attached hydrogens (tertiary/aromatic N) is 2. The second-order valence-electron chi connectivity index (χ2n) is 4.34. The Balaban J connectivity index is 2.24. The topological polar surface area (TPSA) is 53.3 Å². The van der Waals surface area contributed by atoms with Crippen LogP contribution in [0.3, 0.4) is 0 Å². The van der Waals surface area contributed by atoms with Crippen molar-refractivity contribution in [2.75, 3.05) is 20.3 Å². The average Bonchev–Trinajstić information content (AvgIpc) is 2.86. The number of hydrogen-bond donors (Lipinski definition) is 0. The highest BCUT2D eigenvalue weighted by molar-refractivity contribution is 9.10. The molecule has 0 fully saturated rings. The van der Waals surface area contributed by atoms with Gasteiger partial charge in [0, 0.05) is 12.7 Å². The first-order valence-electron chi connectivity index (χ1n) is 6.65. The first kappa shape index (κ1) is 15.7. The molecule has 0 aliphatic heterocycles. The lowest BCUT2D eigenvalue weighted by Crippen LogP contribution is -2.14. The van der Waals surface area contributed by atoms with E-state index < -0.39 is 0 Å². The van der Waals surface area contributed by atoms with Gasteiger partial charge in [-0.25, -0.2) is 0 Å². The number of rotatable bonds is 7. The van der Waals surface area contributed by atoms with Crippen LogP contribution < -0.4 is 4.74 Å². The largest absolute Gasteiger partial charge is 0.494 e. The molecule has 1 heterocycles. The van der Waals surface area contributed by atoms with Crippen molar-refractivity contribution in [3.05, 3.63) is 46.2 Å². The number of methoxy groups -OCH3 is 1. The van der Waals surface area contributed by atoms with Gasteiger partial charge in [0.2, 0.25) is 5.78 Å². The van der Waals surface area contributed by atoms with Crippen molar-refractivity contribution in [1.82, 2.24) is 9.78 Å². The SMILES string of the molecule is CCOc1ccc(C(=O)c2c(Br)cnn2CCOC)cc1. The molecular formula is C15H17BrN2O3. The van der Waals surface area contributed by atoms with E-state index in [9.17, 15) is 4.79 Å². The summed E-state index contributed by atoms with van der Waals surface area (Å²) in [6, 6.07) is 7.10. The van der Waals surface area contributed by atoms with Gasteiger partial charge in [-0.3, -0.25) is 9.48 Å². The van der Waals surface area contributed by atoms with E-state index in [0.717, 1.165) is 5.75 Å². The minimum Gasteiger partial charge on any atom is -0.494 e. The zero-order valence-corrected chi connectivity index (χ0v) is 13.6. The van der Waals surface area contributed by atoms with E-state index in [1.807, 2.05) is 6.92 Å². The highest BCUT2D eigenvalue weighted by atomic mass is 79.9. The molecule has 21 heavy (non-hydrogen) atoms. The second kappa shape index (κ2) is 7.38. The molecule has 1 aromatic carbocycles. The third-order valence-electron chi connectivity index (χ3n) is 2.94. The van der Waals surface area contributed by atoms with Crippen LogP contribution >= 0.6 is 15.9 Å². The highest BCUT2D eigenvalue weighted by Crippen LogP contribution is 2.21. The van der Waals surface area contributed by atoms with E-state index in [0.29, 0.717) is 35.5 Å². The summed E-state index contributed by atoms with van der Waals surface area (Å²) >= 11 is 3.38. The predicted octanol–water partition coefficient (Wildman–Crippen LogP) is 2.92. The van der Waals surface area contributed by atoms with E-state index in [-0.39, 0.29) is 5.78 Å². The summed E-state index contributed by atoms with van der Waals surface area (Å²) in [5, 5.41) is 4.19. The van der Waals surface area contributed by atoms with E-state index in [4.69, 9.17) is 9.47 Å². The Morgan fingerprint density at radius 1 is 1.33 bits per heavy atom. The van der Waals surface area contributed by atoms with Crippen molar-refractivity contribution in [1.29, 1.82) is 0 Å². The number of hydrogen-bond acceptors (Lipinski definition) is 4. The molecule has 0 aliphatic carbocycles. The minimum absolute atomic E-state index is 0.0847. The van der Waals surface area contributed by atoms with E-state index >= 15 is 0 Å².